The molecule has 1 aliphatic heterocycles. The van der Waals surface area contributed by atoms with Gasteiger partial charge in [0.15, 0.2) is 11.5 Å². The number of ether oxygens (including phenoxy) is 3. The third-order valence-corrected chi connectivity index (χ3v) is 6.77. The van der Waals surface area contributed by atoms with Gasteiger partial charge in [-0.1, -0.05) is 18.2 Å². The van der Waals surface area contributed by atoms with Crippen LogP contribution in [0.4, 0.5) is 11.4 Å². The molecule has 1 amide bonds. The number of piperidine rings is 1. The summed E-state index contributed by atoms with van der Waals surface area (Å²) in [6, 6.07) is 21.2. The molecular weight excluding hydrogens is 466 g/mol. The third kappa shape index (κ3) is 5.03. The van der Waals surface area contributed by atoms with Crippen molar-refractivity contribution in [2.75, 3.05) is 44.6 Å². The summed E-state index contributed by atoms with van der Waals surface area (Å²) < 4.78 is 16.5. The van der Waals surface area contributed by atoms with Gasteiger partial charge in [0.25, 0.3) is 5.91 Å². The van der Waals surface area contributed by atoms with E-state index in [2.05, 4.69) is 22.3 Å². The predicted molar refractivity (Wildman–Crippen MR) is 147 cm³/mol. The molecule has 7 heteroatoms. The molecule has 0 radical (unpaired) electrons. The second kappa shape index (κ2) is 10.8. The molecule has 5 rings (SSSR count). The summed E-state index contributed by atoms with van der Waals surface area (Å²) >= 11 is 0. The number of pyridine rings is 1. The SMILES string of the molecule is COc1cc(-c2cc(C(=O)Nc3ccc(N4CCCCC4)cc3)c3ccccc3n2)cc(OC)c1OC. The zero-order chi connectivity index (χ0) is 25.8. The van der Waals surface area contributed by atoms with E-state index in [0.29, 0.717) is 28.5 Å². The Balaban J connectivity index is 1.49. The minimum absolute atomic E-state index is 0.196. The lowest BCUT2D eigenvalue weighted by Gasteiger charge is -2.28. The Kier molecular flexibility index (Phi) is 7.12. The molecule has 1 aromatic heterocycles. The van der Waals surface area contributed by atoms with Gasteiger partial charge in [0.1, 0.15) is 0 Å². The Bertz CT molecular complexity index is 1390. The molecule has 3 aromatic carbocycles. The number of hydrogen-bond donors (Lipinski definition) is 1. The molecule has 1 fully saturated rings. The van der Waals surface area contributed by atoms with E-state index in [1.807, 2.05) is 48.5 Å². The van der Waals surface area contributed by atoms with Gasteiger partial charge in [0.2, 0.25) is 5.75 Å². The molecule has 0 spiro atoms. The van der Waals surface area contributed by atoms with Gasteiger partial charge in [-0.2, -0.15) is 0 Å². The molecule has 0 atom stereocenters. The number of nitrogens with zero attached hydrogens (tertiary/aromatic N) is 2. The Labute approximate surface area is 217 Å². The molecule has 190 valence electrons. The smallest absolute Gasteiger partial charge is 0.256 e. The zero-order valence-corrected chi connectivity index (χ0v) is 21.4. The van der Waals surface area contributed by atoms with Crippen molar-refractivity contribution in [3.8, 4) is 28.5 Å². The number of carbonyl (C=O) groups excluding carboxylic acids is 1. The highest BCUT2D eigenvalue weighted by Gasteiger charge is 2.19. The van der Waals surface area contributed by atoms with Crippen LogP contribution in [0.2, 0.25) is 0 Å². The van der Waals surface area contributed by atoms with E-state index in [1.165, 1.54) is 24.9 Å². The van der Waals surface area contributed by atoms with Crippen LogP contribution in [0.1, 0.15) is 29.6 Å². The lowest BCUT2D eigenvalue weighted by atomic mass is 10.0. The molecule has 0 bridgehead atoms. The monoisotopic (exact) mass is 497 g/mol. The van der Waals surface area contributed by atoms with Crippen LogP contribution in [0.5, 0.6) is 17.2 Å². The largest absolute Gasteiger partial charge is 0.493 e. The van der Waals surface area contributed by atoms with E-state index in [0.717, 1.165) is 35.2 Å². The van der Waals surface area contributed by atoms with Crippen LogP contribution in [0.15, 0.2) is 66.7 Å². The van der Waals surface area contributed by atoms with E-state index in [1.54, 1.807) is 27.4 Å². The Hall–Kier alpha value is -4.26. The molecule has 1 aliphatic rings. The normalized spacial score (nSPS) is 13.3. The summed E-state index contributed by atoms with van der Waals surface area (Å²) in [7, 11) is 4.71. The molecule has 0 aliphatic carbocycles. The molecule has 0 saturated carbocycles. The van der Waals surface area contributed by atoms with Crippen molar-refractivity contribution in [2.45, 2.75) is 19.3 Å². The molecule has 4 aromatic rings. The van der Waals surface area contributed by atoms with Crippen LogP contribution in [-0.4, -0.2) is 45.3 Å². The van der Waals surface area contributed by atoms with Crippen molar-refractivity contribution in [3.63, 3.8) is 0 Å². The van der Waals surface area contributed by atoms with Gasteiger partial charge in [-0.05, 0) is 67.8 Å². The van der Waals surface area contributed by atoms with E-state index in [4.69, 9.17) is 19.2 Å². The number of hydrogen-bond acceptors (Lipinski definition) is 6. The van der Waals surface area contributed by atoms with Crippen molar-refractivity contribution >= 4 is 28.2 Å². The second-order valence-electron chi connectivity index (χ2n) is 9.03. The lowest BCUT2D eigenvalue weighted by molar-refractivity contribution is 0.102. The predicted octanol–water partition coefficient (Wildman–Crippen LogP) is 6.17. The summed E-state index contributed by atoms with van der Waals surface area (Å²) in [6.45, 7) is 2.16. The van der Waals surface area contributed by atoms with Gasteiger partial charge >= 0.3 is 0 Å². The number of nitrogens with one attached hydrogen (secondary N) is 1. The third-order valence-electron chi connectivity index (χ3n) is 6.77. The van der Waals surface area contributed by atoms with Gasteiger partial charge in [0, 0.05) is 35.4 Å². The van der Waals surface area contributed by atoms with Gasteiger partial charge < -0.3 is 24.4 Å². The number of carbonyl (C=O) groups is 1. The number of fused-ring (bicyclic) bond motifs is 1. The number of benzene rings is 3. The summed E-state index contributed by atoms with van der Waals surface area (Å²) in [5, 5.41) is 3.85. The number of methoxy groups -OCH3 is 3. The number of amides is 1. The standard InChI is InChI=1S/C30H31N3O4/c1-35-27-17-20(18-28(36-2)29(27)37-3)26-19-24(23-9-5-6-10-25(23)32-26)30(34)31-21-11-13-22(14-12-21)33-15-7-4-8-16-33/h5-6,9-14,17-19H,4,7-8,15-16H2,1-3H3,(H,31,34). The molecular formula is C30H31N3O4. The topological polar surface area (TPSA) is 72.9 Å². The van der Waals surface area contributed by atoms with Crippen molar-refractivity contribution in [2.24, 2.45) is 0 Å². The fourth-order valence-corrected chi connectivity index (χ4v) is 4.85. The summed E-state index contributed by atoms with van der Waals surface area (Å²) in [5.74, 6) is 1.34. The highest BCUT2D eigenvalue weighted by molar-refractivity contribution is 6.13. The van der Waals surface area contributed by atoms with E-state index in [9.17, 15) is 4.79 Å². The fourth-order valence-electron chi connectivity index (χ4n) is 4.85. The van der Waals surface area contributed by atoms with Gasteiger partial charge in [0.05, 0.1) is 38.1 Å². The van der Waals surface area contributed by atoms with E-state index >= 15 is 0 Å². The van der Waals surface area contributed by atoms with Crippen molar-refractivity contribution in [1.82, 2.24) is 4.98 Å². The van der Waals surface area contributed by atoms with Crippen LogP contribution in [0, 0.1) is 0 Å². The summed E-state index contributed by atoms with van der Waals surface area (Å²) in [6.07, 6.45) is 3.74. The van der Waals surface area contributed by atoms with Gasteiger partial charge in [-0.15, -0.1) is 0 Å². The zero-order valence-electron chi connectivity index (χ0n) is 21.4. The Morgan fingerprint density at radius 2 is 1.51 bits per heavy atom. The molecule has 0 unspecified atom stereocenters. The average Bonchev–Trinajstić information content (AvgIpc) is 2.96. The maximum absolute atomic E-state index is 13.5. The fraction of sp³-hybridized carbons (Fsp3) is 0.267. The van der Waals surface area contributed by atoms with Crippen LogP contribution >= 0.6 is 0 Å². The Morgan fingerprint density at radius 3 is 2.16 bits per heavy atom. The van der Waals surface area contributed by atoms with Crippen LogP contribution in [0.25, 0.3) is 22.2 Å². The second-order valence-corrected chi connectivity index (χ2v) is 9.03. The molecule has 1 saturated heterocycles. The number of anilines is 2. The maximum Gasteiger partial charge on any atom is 0.256 e. The van der Waals surface area contributed by atoms with Gasteiger partial charge in [-0.3, -0.25) is 4.79 Å². The maximum atomic E-state index is 13.5. The highest BCUT2D eigenvalue weighted by atomic mass is 16.5. The average molecular weight is 498 g/mol. The first-order chi connectivity index (χ1) is 18.1. The molecule has 7 nitrogen and oxygen atoms in total. The van der Waals surface area contributed by atoms with Crippen molar-refractivity contribution in [3.05, 3.63) is 72.3 Å². The quantitative estimate of drug-likeness (QED) is 0.329. The van der Waals surface area contributed by atoms with Crippen molar-refractivity contribution < 1.29 is 19.0 Å². The Morgan fingerprint density at radius 1 is 0.838 bits per heavy atom. The molecule has 37 heavy (non-hydrogen) atoms. The lowest BCUT2D eigenvalue weighted by Crippen LogP contribution is -2.29. The first kappa shape index (κ1) is 24.4. The number of aromatic nitrogens is 1. The summed E-state index contributed by atoms with van der Waals surface area (Å²) in [5.41, 5.74) is 4.58. The van der Waals surface area contributed by atoms with Crippen LogP contribution < -0.4 is 24.4 Å². The number of rotatable bonds is 7. The molecule has 1 N–H and O–H groups in total. The first-order valence-corrected chi connectivity index (χ1v) is 12.5. The number of para-hydroxylation sites is 1. The minimum Gasteiger partial charge on any atom is -0.493 e. The van der Waals surface area contributed by atoms with Crippen molar-refractivity contribution in [1.29, 1.82) is 0 Å². The highest BCUT2D eigenvalue weighted by Crippen LogP contribution is 2.41. The molecule has 2 heterocycles. The van der Waals surface area contributed by atoms with E-state index < -0.39 is 0 Å². The van der Waals surface area contributed by atoms with E-state index in [-0.39, 0.29) is 5.91 Å². The summed E-state index contributed by atoms with van der Waals surface area (Å²) in [4.78, 5) is 20.8. The first-order valence-electron chi connectivity index (χ1n) is 12.5. The van der Waals surface area contributed by atoms with Crippen LogP contribution in [0.3, 0.4) is 0 Å². The van der Waals surface area contributed by atoms with Crippen LogP contribution in [-0.2, 0) is 0 Å². The minimum atomic E-state index is -0.196. The van der Waals surface area contributed by atoms with Gasteiger partial charge in [-0.25, -0.2) is 4.98 Å².